The molecule has 25 rings (SSSR count). The Morgan fingerprint density at radius 1 is 0.258 bits per heavy atom. The highest BCUT2D eigenvalue weighted by Crippen LogP contribution is 2.43. The molecule has 22 nitrogen and oxygen atoms in total. The molecule has 1 atom stereocenters. The van der Waals surface area contributed by atoms with Crippen molar-refractivity contribution >= 4 is 84.1 Å². The highest BCUT2D eigenvalue weighted by atomic mass is 15.1. The van der Waals surface area contributed by atoms with Crippen LogP contribution < -0.4 is 5.32 Å². The van der Waals surface area contributed by atoms with E-state index in [-0.39, 0.29) is 0 Å². The van der Waals surface area contributed by atoms with Gasteiger partial charge in [0.15, 0.2) is 56.5 Å². The van der Waals surface area contributed by atoms with Crippen molar-refractivity contribution in [1.29, 1.82) is 0 Å². The van der Waals surface area contributed by atoms with E-state index in [4.69, 9.17) is 24.9 Å². The highest BCUT2D eigenvalue weighted by molar-refractivity contribution is 5.93. The fourth-order valence-corrected chi connectivity index (χ4v) is 22.2. The quantitative estimate of drug-likeness (QED) is 0.0699. The minimum Gasteiger partial charge on any atom is -0.345 e. The second-order valence-corrected chi connectivity index (χ2v) is 36.4. The first-order valence-electron chi connectivity index (χ1n) is 46.4. The van der Waals surface area contributed by atoms with Crippen LogP contribution >= 0.6 is 0 Å². The van der Waals surface area contributed by atoms with Crippen LogP contribution in [0.3, 0.4) is 0 Å². The zero-order valence-corrected chi connectivity index (χ0v) is 69.7. The summed E-state index contributed by atoms with van der Waals surface area (Å²) in [6, 6.07) is 14.5. The van der Waals surface area contributed by atoms with Crippen molar-refractivity contribution in [2.45, 2.75) is 285 Å². The zero-order valence-electron chi connectivity index (χ0n) is 69.7. The van der Waals surface area contributed by atoms with Crippen LogP contribution in [0.15, 0.2) is 148 Å². The first-order valence-corrected chi connectivity index (χ1v) is 46.4. The van der Waals surface area contributed by atoms with Gasteiger partial charge in [0.25, 0.3) is 0 Å². The van der Waals surface area contributed by atoms with Gasteiger partial charge in [-0.1, -0.05) is 178 Å². The van der Waals surface area contributed by atoms with Gasteiger partial charge in [-0.3, -0.25) is 27.0 Å². The molecule has 16 aromatic heterocycles. The SMILES string of the molecule is c1[nH]c2ncc3nc(C4CCCCC4)cn3c2c1C1CCCCC1.c1[nH]c2ncc3nc(C4CCCCC4)cn3c2c1C1CCCCCC1.c1[nH]c2ncc3nc(C4CCCCC4)cn3c2c1C1CCNC1.c1ccc(-c2c[nH]c3ncc4nc(C5CCCCC5)cn4c23)cc1.c1cncc(-c2c[nH]c3ncc4nc(C5CCCCC5)cn4c23)c1. The molecule has 7 aliphatic carbocycles. The van der Waals surface area contributed by atoms with E-state index in [1.165, 1.54) is 310 Å². The Kier molecular flexibility index (Phi) is 22.1. The molecule has 0 radical (unpaired) electrons. The maximum atomic E-state index is 4.96. The fraction of sp³-hybridized carbons (Fsp3) is 0.480. The van der Waals surface area contributed by atoms with Crippen molar-refractivity contribution in [2.75, 3.05) is 13.1 Å². The molecule has 17 aromatic rings. The molecule has 120 heavy (non-hydrogen) atoms. The molecular formula is C98H116N22. The smallest absolute Gasteiger partial charge is 0.156 e. The van der Waals surface area contributed by atoms with Gasteiger partial charge >= 0.3 is 0 Å². The molecule has 0 bridgehead atoms. The molecule has 6 N–H and O–H groups in total. The number of rotatable bonds is 10. The van der Waals surface area contributed by atoms with E-state index in [1.807, 2.05) is 61.7 Å². The third kappa shape index (κ3) is 15.5. The fourth-order valence-electron chi connectivity index (χ4n) is 22.2. The predicted molar refractivity (Wildman–Crippen MR) is 479 cm³/mol. The average molecular weight is 1600 g/mol. The number of imidazole rings is 5. The van der Waals surface area contributed by atoms with Gasteiger partial charge in [-0.2, -0.15) is 0 Å². The second-order valence-electron chi connectivity index (χ2n) is 36.4. The largest absolute Gasteiger partial charge is 0.345 e. The Balaban J connectivity index is 0.0000000928. The van der Waals surface area contributed by atoms with E-state index in [0.717, 1.165) is 91.7 Å². The number of aromatic nitrogens is 21. The normalized spacial score (nSPS) is 19.5. The summed E-state index contributed by atoms with van der Waals surface area (Å²) in [6.07, 6.45) is 84.2. The van der Waals surface area contributed by atoms with Crippen molar-refractivity contribution in [3.63, 3.8) is 0 Å². The molecule has 17 heterocycles. The third-order valence-corrected chi connectivity index (χ3v) is 28.8. The van der Waals surface area contributed by atoms with Crippen molar-refractivity contribution < 1.29 is 0 Å². The lowest BCUT2D eigenvalue weighted by Gasteiger charge is -2.21. The van der Waals surface area contributed by atoms with E-state index < -0.39 is 0 Å². The van der Waals surface area contributed by atoms with E-state index in [2.05, 4.69) is 162 Å². The number of nitrogens with zero attached hydrogens (tertiary/aromatic N) is 16. The van der Waals surface area contributed by atoms with Gasteiger partial charge in [0.2, 0.25) is 0 Å². The third-order valence-electron chi connectivity index (χ3n) is 28.8. The van der Waals surface area contributed by atoms with Crippen LogP contribution in [-0.2, 0) is 0 Å². The Labute approximate surface area is 700 Å². The summed E-state index contributed by atoms with van der Waals surface area (Å²) in [5, 5.41) is 3.47. The first-order chi connectivity index (χ1) is 59.5. The monoisotopic (exact) mass is 1600 g/mol. The molecule has 1 aliphatic heterocycles. The standard InChI is InChI=1S/C21H28N4.C20H26N4.C20H20N4.C19H19N5.C18H23N5/c1-2-5-9-15(8-4-1)17-12-22-21-20(17)25-14-18(24-19(25)13-23-21)16-10-6-3-7-11-16;2*1-3-7-14(8-4-1)16-11-21-20-19(16)24-13-17(23-18(24)12-22-20)15-9-5-2-6-10-15;1-2-5-13(6-3-1)16-12-24-17(23-16)11-22-19-18(24)15(10-21-19)14-7-4-8-20-9-14;1-2-4-12(5-3-1)15-11-23-16(22-15)10-21-18-17(23)14(9-20-18)13-6-7-19-8-13/h12-16,22H,1-11H2;11-15,21H,1-10H2;1,3-4,7-8,11-13,15,21H,2,5-6,9-10H2;4,7-13,21H,1-3,5-6H2;9-13,19-20H,1-8H2. The lowest BCUT2D eigenvalue weighted by atomic mass is 9.85. The maximum Gasteiger partial charge on any atom is 0.156 e. The van der Waals surface area contributed by atoms with Crippen LogP contribution in [0.1, 0.15) is 330 Å². The van der Waals surface area contributed by atoms with Crippen molar-refractivity contribution in [3.05, 3.63) is 193 Å². The Morgan fingerprint density at radius 2 is 0.542 bits per heavy atom. The van der Waals surface area contributed by atoms with E-state index in [1.54, 1.807) is 6.20 Å². The number of benzene rings is 1. The number of fused-ring (bicyclic) bond motifs is 15. The summed E-state index contributed by atoms with van der Waals surface area (Å²) < 4.78 is 11.3. The molecule has 1 aromatic carbocycles. The van der Waals surface area contributed by atoms with Gasteiger partial charge in [0, 0.05) is 139 Å². The van der Waals surface area contributed by atoms with Gasteiger partial charge in [-0.15, -0.1) is 0 Å². The maximum absolute atomic E-state index is 4.96. The lowest BCUT2D eigenvalue weighted by molar-refractivity contribution is 0.438. The van der Waals surface area contributed by atoms with E-state index >= 15 is 0 Å². The highest BCUT2D eigenvalue weighted by Gasteiger charge is 2.30. The summed E-state index contributed by atoms with van der Waals surface area (Å²) in [4.78, 5) is 68.6. The molecule has 1 saturated heterocycles. The number of H-pyrrole nitrogens is 5. The topological polar surface area (TPSA) is 255 Å². The van der Waals surface area contributed by atoms with Crippen molar-refractivity contribution in [3.8, 4) is 22.3 Å². The first kappa shape index (κ1) is 76.5. The number of pyridine rings is 1. The summed E-state index contributed by atoms with van der Waals surface area (Å²) in [5.74, 6) is 5.05. The summed E-state index contributed by atoms with van der Waals surface area (Å²) in [5.41, 5.74) is 30.8. The van der Waals surface area contributed by atoms with E-state index in [0.29, 0.717) is 47.3 Å². The minimum atomic E-state index is 0.580. The van der Waals surface area contributed by atoms with Crippen LogP contribution in [0.2, 0.25) is 0 Å². The molecule has 0 spiro atoms. The van der Waals surface area contributed by atoms with Gasteiger partial charge in [-0.05, 0) is 137 Å². The molecule has 22 heteroatoms. The molecule has 0 amide bonds. The average Bonchev–Trinajstić information content (AvgIpc) is 1.62. The zero-order chi connectivity index (χ0) is 79.7. The van der Waals surface area contributed by atoms with Crippen LogP contribution in [-0.4, -0.2) is 115 Å². The Morgan fingerprint density at radius 3 is 0.858 bits per heavy atom. The minimum absolute atomic E-state index is 0.580. The van der Waals surface area contributed by atoms with Crippen LogP contribution in [0, 0.1) is 0 Å². The molecule has 7 saturated carbocycles. The van der Waals surface area contributed by atoms with Crippen LogP contribution in [0.5, 0.6) is 0 Å². The second kappa shape index (κ2) is 34.7. The van der Waals surface area contributed by atoms with Gasteiger partial charge in [-0.25, -0.2) is 49.8 Å². The van der Waals surface area contributed by atoms with Crippen molar-refractivity contribution in [2.24, 2.45) is 0 Å². The molecule has 8 aliphatic rings. The molecule has 8 fully saturated rings. The van der Waals surface area contributed by atoms with E-state index in [9.17, 15) is 0 Å². The number of hydrogen-bond donors (Lipinski definition) is 6. The van der Waals surface area contributed by atoms with Gasteiger partial charge in [0.05, 0.1) is 87.0 Å². The summed E-state index contributed by atoms with van der Waals surface area (Å²) in [6.45, 7) is 2.17. The molecule has 618 valence electrons. The van der Waals surface area contributed by atoms with Crippen LogP contribution in [0.25, 0.3) is 106 Å². The number of hydrogen-bond acceptors (Lipinski definition) is 12. The van der Waals surface area contributed by atoms with Gasteiger partial charge in [0.1, 0.15) is 0 Å². The predicted octanol–water partition coefficient (Wildman–Crippen LogP) is 23.6. The van der Waals surface area contributed by atoms with Gasteiger partial charge < -0.3 is 30.2 Å². The summed E-state index contributed by atoms with van der Waals surface area (Å²) in [7, 11) is 0. The lowest BCUT2D eigenvalue weighted by Crippen LogP contribution is -2.08. The Bertz CT molecular complexity index is 6130. The number of nitrogens with one attached hydrogen (secondary N) is 6. The number of aromatic amines is 5. The molecular weight excluding hydrogens is 1490 g/mol. The van der Waals surface area contributed by atoms with Crippen LogP contribution in [0.4, 0.5) is 0 Å². The molecule has 1 unspecified atom stereocenters. The summed E-state index contributed by atoms with van der Waals surface area (Å²) >= 11 is 0. The van der Waals surface area contributed by atoms with Crippen molar-refractivity contribution in [1.82, 2.24) is 107 Å². The Hall–Kier alpha value is -10.9.